The van der Waals surface area contributed by atoms with Gasteiger partial charge in [-0.2, -0.15) is 0 Å². The zero-order valence-electron chi connectivity index (χ0n) is 13.7. The van der Waals surface area contributed by atoms with Gasteiger partial charge in [-0.25, -0.2) is 4.79 Å². The first-order valence-electron chi connectivity index (χ1n) is 8.14. The van der Waals surface area contributed by atoms with E-state index < -0.39 is 5.69 Å². The lowest BCUT2D eigenvalue weighted by Crippen LogP contribution is -2.44. The lowest BCUT2D eigenvalue weighted by atomic mass is 10.2. The van der Waals surface area contributed by atoms with Crippen LogP contribution in [0, 0.1) is 0 Å². The molecule has 1 aliphatic rings. The Morgan fingerprint density at radius 2 is 2.04 bits per heavy atom. The molecule has 2 aromatic rings. The van der Waals surface area contributed by atoms with Crippen molar-refractivity contribution in [2.45, 2.75) is 44.8 Å². The minimum atomic E-state index is -0.486. The van der Waals surface area contributed by atoms with E-state index >= 15 is 0 Å². The molecular weight excluding hydrogens is 310 g/mol. The van der Waals surface area contributed by atoms with Crippen LogP contribution in [0.15, 0.2) is 44.7 Å². The fourth-order valence-corrected chi connectivity index (χ4v) is 3.18. The maximum atomic E-state index is 12.8. The molecule has 0 atom stereocenters. The number of carbonyl (C=O) groups is 1. The minimum Gasteiger partial charge on any atom is -0.467 e. The number of amides is 1. The lowest BCUT2D eigenvalue weighted by Gasteiger charge is -2.28. The average Bonchev–Trinajstić information content (AvgIpc) is 3.26. The van der Waals surface area contributed by atoms with E-state index in [4.69, 9.17) is 4.42 Å². The highest BCUT2D eigenvalue weighted by Gasteiger charge is 2.27. The normalized spacial score (nSPS) is 14.9. The standard InChI is InChI=1S/C17H21N3O4/c1-18-15(21)8-9-19(17(18)23)12-16(22)20(13-5-2-3-6-13)11-14-7-4-10-24-14/h4,7-10,13H,2-3,5-6,11-12H2,1H3. The molecule has 0 aromatic carbocycles. The molecule has 0 unspecified atom stereocenters. The molecule has 1 saturated carbocycles. The summed E-state index contributed by atoms with van der Waals surface area (Å²) in [6, 6.07) is 5.10. The van der Waals surface area contributed by atoms with Crippen LogP contribution in [-0.2, 0) is 24.9 Å². The van der Waals surface area contributed by atoms with E-state index in [1.807, 2.05) is 6.07 Å². The van der Waals surface area contributed by atoms with Gasteiger partial charge in [-0.1, -0.05) is 12.8 Å². The van der Waals surface area contributed by atoms with Crippen molar-refractivity contribution < 1.29 is 9.21 Å². The quantitative estimate of drug-likeness (QED) is 0.822. The molecule has 0 aliphatic heterocycles. The van der Waals surface area contributed by atoms with E-state index in [2.05, 4.69) is 0 Å². The van der Waals surface area contributed by atoms with Crippen LogP contribution in [0.4, 0.5) is 0 Å². The predicted octanol–water partition coefficient (Wildman–Crippen LogP) is 1.11. The third-order valence-corrected chi connectivity index (χ3v) is 4.56. The summed E-state index contributed by atoms with van der Waals surface area (Å²) in [6.45, 7) is 0.321. The van der Waals surface area contributed by atoms with Crippen LogP contribution >= 0.6 is 0 Å². The van der Waals surface area contributed by atoms with Gasteiger partial charge in [0.1, 0.15) is 12.3 Å². The molecule has 0 bridgehead atoms. The summed E-state index contributed by atoms with van der Waals surface area (Å²) in [5, 5.41) is 0. The van der Waals surface area contributed by atoms with Crippen molar-refractivity contribution in [3.05, 3.63) is 57.3 Å². The first-order chi connectivity index (χ1) is 11.6. The third-order valence-electron chi connectivity index (χ3n) is 4.56. The molecule has 0 N–H and O–H groups in total. The van der Waals surface area contributed by atoms with Crippen LogP contribution < -0.4 is 11.2 Å². The fourth-order valence-electron chi connectivity index (χ4n) is 3.18. The van der Waals surface area contributed by atoms with E-state index in [0.717, 1.165) is 36.0 Å². The van der Waals surface area contributed by atoms with Gasteiger partial charge in [0.25, 0.3) is 5.56 Å². The molecule has 3 rings (SSSR count). The molecule has 1 fully saturated rings. The highest BCUT2D eigenvalue weighted by Crippen LogP contribution is 2.25. The smallest absolute Gasteiger partial charge is 0.331 e. The summed E-state index contributed by atoms with van der Waals surface area (Å²) < 4.78 is 7.65. The molecule has 24 heavy (non-hydrogen) atoms. The number of nitrogens with zero attached hydrogens (tertiary/aromatic N) is 3. The molecule has 7 nitrogen and oxygen atoms in total. The van der Waals surface area contributed by atoms with Gasteiger partial charge in [0.15, 0.2) is 0 Å². The summed E-state index contributed by atoms with van der Waals surface area (Å²) in [7, 11) is 1.41. The largest absolute Gasteiger partial charge is 0.467 e. The number of furan rings is 1. The van der Waals surface area contributed by atoms with Crippen LogP contribution in [0.5, 0.6) is 0 Å². The second kappa shape index (κ2) is 6.90. The second-order valence-electron chi connectivity index (χ2n) is 6.16. The van der Waals surface area contributed by atoms with Crippen molar-refractivity contribution in [3.63, 3.8) is 0 Å². The van der Waals surface area contributed by atoms with Crippen LogP contribution in [0.1, 0.15) is 31.4 Å². The van der Waals surface area contributed by atoms with E-state index in [0.29, 0.717) is 6.54 Å². The van der Waals surface area contributed by atoms with E-state index in [1.165, 1.54) is 23.9 Å². The molecule has 0 radical (unpaired) electrons. The third kappa shape index (κ3) is 3.34. The Morgan fingerprint density at radius 3 is 2.71 bits per heavy atom. The predicted molar refractivity (Wildman–Crippen MR) is 87.5 cm³/mol. The van der Waals surface area contributed by atoms with Crippen LogP contribution in [0.2, 0.25) is 0 Å². The topological polar surface area (TPSA) is 77.5 Å². The zero-order chi connectivity index (χ0) is 17.1. The summed E-state index contributed by atoms with van der Waals surface area (Å²) in [4.78, 5) is 38.2. The molecule has 1 aliphatic carbocycles. The van der Waals surface area contributed by atoms with Gasteiger partial charge in [-0.05, 0) is 25.0 Å². The zero-order valence-corrected chi connectivity index (χ0v) is 13.7. The molecular formula is C17H21N3O4. The Bertz CT molecular complexity index is 813. The van der Waals surface area contributed by atoms with E-state index in [9.17, 15) is 14.4 Å². The maximum Gasteiger partial charge on any atom is 0.331 e. The molecule has 2 aromatic heterocycles. The Balaban J connectivity index is 1.82. The summed E-state index contributed by atoms with van der Waals surface area (Å²) in [5.74, 6) is 0.585. The Morgan fingerprint density at radius 1 is 1.29 bits per heavy atom. The monoisotopic (exact) mass is 331 g/mol. The Hall–Kier alpha value is -2.57. The molecule has 128 valence electrons. The van der Waals surface area contributed by atoms with E-state index in [-0.39, 0.29) is 24.1 Å². The molecule has 0 saturated heterocycles. The van der Waals surface area contributed by atoms with Gasteiger partial charge in [0, 0.05) is 25.4 Å². The van der Waals surface area contributed by atoms with Crippen LogP contribution in [-0.4, -0.2) is 26.0 Å². The molecule has 2 heterocycles. The lowest BCUT2D eigenvalue weighted by molar-refractivity contribution is -0.135. The van der Waals surface area contributed by atoms with Crippen molar-refractivity contribution >= 4 is 5.91 Å². The van der Waals surface area contributed by atoms with Gasteiger partial charge in [-0.3, -0.25) is 18.7 Å². The molecule has 7 heteroatoms. The molecule has 1 amide bonds. The van der Waals surface area contributed by atoms with Crippen LogP contribution in [0.3, 0.4) is 0 Å². The number of aromatic nitrogens is 2. The van der Waals surface area contributed by atoms with Crippen molar-refractivity contribution in [1.82, 2.24) is 14.0 Å². The van der Waals surface area contributed by atoms with Gasteiger partial charge >= 0.3 is 5.69 Å². The summed E-state index contributed by atoms with van der Waals surface area (Å²) >= 11 is 0. The Labute approximate surface area is 139 Å². The highest BCUT2D eigenvalue weighted by atomic mass is 16.3. The van der Waals surface area contributed by atoms with E-state index in [1.54, 1.807) is 17.2 Å². The second-order valence-corrected chi connectivity index (χ2v) is 6.16. The Kier molecular flexibility index (Phi) is 4.69. The first-order valence-corrected chi connectivity index (χ1v) is 8.14. The number of rotatable bonds is 5. The maximum absolute atomic E-state index is 12.8. The number of hydrogen-bond donors (Lipinski definition) is 0. The van der Waals surface area contributed by atoms with Crippen molar-refractivity contribution in [1.29, 1.82) is 0 Å². The van der Waals surface area contributed by atoms with Gasteiger partial charge in [0.2, 0.25) is 5.91 Å². The van der Waals surface area contributed by atoms with Crippen LogP contribution in [0.25, 0.3) is 0 Å². The fraction of sp³-hybridized carbons (Fsp3) is 0.471. The number of carbonyl (C=O) groups excluding carboxylic acids is 1. The van der Waals surface area contributed by atoms with Crippen molar-refractivity contribution in [2.75, 3.05) is 0 Å². The van der Waals surface area contributed by atoms with Gasteiger partial charge < -0.3 is 9.32 Å². The van der Waals surface area contributed by atoms with Crippen molar-refractivity contribution in [2.24, 2.45) is 7.05 Å². The minimum absolute atomic E-state index is 0.0792. The van der Waals surface area contributed by atoms with Gasteiger partial charge in [-0.15, -0.1) is 0 Å². The van der Waals surface area contributed by atoms with Gasteiger partial charge in [0.05, 0.1) is 12.8 Å². The summed E-state index contributed by atoms with van der Waals surface area (Å²) in [6.07, 6.45) is 7.11. The molecule has 0 spiro atoms. The number of hydrogen-bond acceptors (Lipinski definition) is 4. The highest BCUT2D eigenvalue weighted by molar-refractivity contribution is 5.76. The first kappa shape index (κ1) is 16.3. The summed E-state index contributed by atoms with van der Waals surface area (Å²) in [5.41, 5.74) is -0.868. The SMILES string of the molecule is Cn1c(=O)ccn(CC(=O)N(Cc2ccco2)C2CCCC2)c1=O. The van der Waals surface area contributed by atoms with Crippen molar-refractivity contribution in [3.8, 4) is 0 Å². The average molecular weight is 331 g/mol.